The number of Topliss-reactive ketones (excluding diaryl/α,β-unsaturated/α-hetero) is 1. The zero-order valence-corrected chi connectivity index (χ0v) is 22.1. The summed E-state index contributed by atoms with van der Waals surface area (Å²) in [7, 11) is 0. The van der Waals surface area contributed by atoms with Crippen LogP contribution in [0.3, 0.4) is 0 Å². The van der Waals surface area contributed by atoms with Gasteiger partial charge in [0.2, 0.25) is 0 Å². The topological polar surface area (TPSA) is 177 Å². The molecule has 0 heterocycles. The van der Waals surface area contributed by atoms with Crippen molar-refractivity contribution in [2.24, 2.45) is 29.1 Å². The first kappa shape index (κ1) is 27.7. The lowest BCUT2D eigenvalue weighted by Crippen LogP contribution is -2.68. The Morgan fingerprint density at radius 3 is 2.16 bits per heavy atom. The Morgan fingerprint density at radius 1 is 1.05 bits per heavy atom. The van der Waals surface area contributed by atoms with E-state index in [2.05, 4.69) is 0 Å². The lowest BCUT2D eigenvalue weighted by Gasteiger charge is -2.54. The summed E-state index contributed by atoms with van der Waals surface area (Å²) in [5.41, 5.74) is -9.14. The lowest BCUT2D eigenvalue weighted by molar-refractivity contribution is -0.247. The fourth-order valence-corrected chi connectivity index (χ4v) is 7.95. The van der Waals surface area contributed by atoms with Crippen LogP contribution in [0.5, 0.6) is 0 Å². The second kappa shape index (κ2) is 8.08. The second-order valence-corrected chi connectivity index (χ2v) is 11.9. The van der Waals surface area contributed by atoms with Gasteiger partial charge in [-0.25, -0.2) is 0 Å². The third-order valence-electron chi connectivity index (χ3n) is 9.44. The molecule has 0 aromatic rings. The van der Waals surface area contributed by atoms with Crippen LogP contribution in [0.15, 0.2) is 11.6 Å². The number of carbonyl (C=O) groups excluding carboxylic acids is 4. The summed E-state index contributed by atoms with van der Waals surface area (Å²) in [6, 6.07) is 0. The Labute approximate surface area is 214 Å². The van der Waals surface area contributed by atoms with E-state index in [9.17, 15) is 39.6 Å². The van der Waals surface area contributed by atoms with E-state index in [1.165, 1.54) is 33.8 Å². The molecule has 0 aliphatic heterocycles. The molecule has 0 aromatic carbocycles. The van der Waals surface area contributed by atoms with Crippen LogP contribution in [0.1, 0.15) is 54.9 Å². The minimum atomic E-state index is -2.36. The van der Waals surface area contributed by atoms with Crippen molar-refractivity contribution in [1.29, 1.82) is 0 Å². The zero-order valence-electron chi connectivity index (χ0n) is 22.1. The van der Waals surface area contributed by atoms with E-state index in [-0.39, 0.29) is 5.57 Å². The molecular weight excluding hydrogens is 488 g/mol. The van der Waals surface area contributed by atoms with Crippen molar-refractivity contribution in [3.63, 3.8) is 0 Å². The highest BCUT2D eigenvalue weighted by Crippen LogP contribution is 2.77. The molecule has 3 fully saturated rings. The minimum Gasteiger partial charge on any atom is -0.463 e. The molecule has 0 aromatic heterocycles. The number of aliphatic hydroxyl groups is 4. The number of fused-ring (bicyclic) bond motifs is 5. The Balaban J connectivity index is 2.00. The van der Waals surface area contributed by atoms with Crippen molar-refractivity contribution in [2.75, 3.05) is 6.61 Å². The molecule has 4 aliphatic rings. The van der Waals surface area contributed by atoms with Crippen molar-refractivity contribution in [2.45, 2.75) is 89.5 Å². The molecule has 3 saturated carbocycles. The highest BCUT2D eigenvalue weighted by Gasteiger charge is 2.90. The van der Waals surface area contributed by atoms with Crippen LogP contribution in [0.2, 0.25) is 0 Å². The highest BCUT2D eigenvalue weighted by molar-refractivity contribution is 6.04. The van der Waals surface area contributed by atoms with E-state index in [1.54, 1.807) is 13.8 Å². The second-order valence-electron chi connectivity index (χ2n) is 11.9. The molecule has 11 heteroatoms. The molecule has 0 unspecified atom stereocenters. The number of ketones is 1. The molecule has 0 spiro atoms. The number of esters is 3. The summed E-state index contributed by atoms with van der Waals surface area (Å²) in [6.07, 6.45) is -2.36. The van der Waals surface area contributed by atoms with Gasteiger partial charge in [-0.05, 0) is 12.5 Å². The molecule has 4 aliphatic carbocycles. The van der Waals surface area contributed by atoms with Crippen molar-refractivity contribution in [1.82, 2.24) is 0 Å². The van der Waals surface area contributed by atoms with Crippen molar-refractivity contribution in [3.05, 3.63) is 11.6 Å². The average molecular weight is 525 g/mol. The van der Waals surface area contributed by atoms with Gasteiger partial charge in [0.15, 0.2) is 11.4 Å². The summed E-state index contributed by atoms with van der Waals surface area (Å²) in [4.78, 5) is 49.4. The predicted molar refractivity (Wildman–Crippen MR) is 124 cm³/mol. The van der Waals surface area contributed by atoms with Gasteiger partial charge in [-0.3, -0.25) is 19.2 Å². The number of hydrogen-bond acceptors (Lipinski definition) is 11. The maximum Gasteiger partial charge on any atom is 0.303 e. The summed E-state index contributed by atoms with van der Waals surface area (Å²) in [5, 5.41) is 47.9. The van der Waals surface area contributed by atoms with Gasteiger partial charge in [0, 0.05) is 56.3 Å². The maximum atomic E-state index is 13.3. The fraction of sp³-hybridized carbons (Fsp3) is 0.769. The zero-order chi connectivity index (χ0) is 28.1. The molecule has 0 amide bonds. The Bertz CT molecular complexity index is 1100. The van der Waals surface area contributed by atoms with E-state index in [1.807, 2.05) is 0 Å². The SMILES string of the molecule is CC(=O)OC[C@@]1(O)C[C@]2(O)C(=O)C(C)=C[C@H]2[C@]2(O)[C@H]([C@@H]3C(C)(C)[C@]3(OC(C)=O)[C@H](OC(C)=O)[C@H]2C)[C@@H]1O. The van der Waals surface area contributed by atoms with E-state index in [4.69, 9.17) is 14.2 Å². The van der Waals surface area contributed by atoms with Crippen LogP contribution in [-0.4, -0.2) is 85.3 Å². The minimum absolute atomic E-state index is 0.147. The van der Waals surface area contributed by atoms with Gasteiger partial charge in [0.05, 0.1) is 11.7 Å². The molecule has 0 radical (unpaired) electrons. The van der Waals surface area contributed by atoms with Gasteiger partial charge in [-0.2, -0.15) is 0 Å². The smallest absolute Gasteiger partial charge is 0.303 e. The van der Waals surface area contributed by atoms with Crippen LogP contribution in [0, 0.1) is 29.1 Å². The number of aliphatic hydroxyl groups excluding tert-OH is 1. The average Bonchev–Trinajstić information content (AvgIpc) is 3.16. The van der Waals surface area contributed by atoms with Crippen LogP contribution in [-0.2, 0) is 33.4 Å². The molecule has 37 heavy (non-hydrogen) atoms. The monoisotopic (exact) mass is 524 g/mol. The van der Waals surface area contributed by atoms with E-state index in [0.717, 1.165) is 6.92 Å². The first-order valence-corrected chi connectivity index (χ1v) is 12.4. The Hall–Kier alpha value is -2.34. The molecule has 11 nitrogen and oxygen atoms in total. The van der Waals surface area contributed by atoms with Gasteiger partial charge in [0.1, 0.15) is 23.9 Å². The van der Waals surface area contributed by atoms with Crippen LogP contribution < -0.4 is 0 Å². The van der Waals surface area contributed by atoms with Crippen LogP contribution in [0.25, 0.3) is 0 Å². The Morgan fingerprint density at radius 2 is 1.65 bits per heavy atom. The molecule has 4 rings (SSSR count). The van der Waals surface area contributed by atoms with Crippen molar-refractivity contribution < 1.29 is 53.8 Å². The van der Waals surface area contributed by atoms with Crippen molar-refractivity contribution >= 4 is 23.7 Å². The summed E-state index contributed by atoms with van der Waals surface area (Å²) in [5.74, 6) is -7.46. The van der Waals surface area contributed by atoms with Gasteiger partial charge in [-0.1, -0.05) is 26.8 Å². The molecule has 0 saturated heterocycles. The highest BCUT2D eigenvalue weighted by atomic mass is 16.6. The van der Waals surface area contributed by atoms with Crippen molar-refractivity contribution in [3.8, 4) is 0 Å². The normalized spacial score (nSPS) is 47.4. The summed E-state index contributed by atoms with van der Waals surface area (Å²) in [6.45, 7) is 9.17. The van der Waals surface area contributed by atoms with Crippen LogP contribution in [0.4, 0.5) is 0 Å². The van der Waals surface area contributed by atoms with Crippen LogP contribution >= 0.6 is 0 Å². The Kier molecular flexibility index (Phi) is 6.05. The maximum absolute atomic E-state index is 13.3. The largest absolute Gasteiger partial charge is 0.463 e. The van der Waals surface area contributed by atoms with E-state index >= 15 is 0 Å². The third kappa shape index (κ3) is 3.40. The molecule has 206 valence electrons. The van der Waals surface area contributed by atoms with E-state index < -0.39 is 100 Å². The van der Waals surface area contributed by atoms with Gasteiger partial charge in [0.25, 0.3) is 0 Å². The summed E-state index contributed by atoms with van der Waals surface area (Å²) >= 11 is 0. The fourth-order valence-electron chi connectivity index (χ4n) is 7.95. The molecular formula is C26H36O11. The molecule has 10 atom stereocenters. The summed E-state index contributed by atoms with van der Waals surface area (Å²) < 4.78 is 16.6. The lowest BCUT2D eigenvalue weighted by atomic mass is 9.58. The number of hydrogen-bond donors (Lipinski definition) is 4. The first-order chi connectivity index (χ1) is 16.8. The predicted octanol–water partition coefficient (Wildman–Crippen LogP) is -0.192. The third-order valence-corrected chi connectivity index (χ3v) is 9.44. The van der Waals surface area contributed by atoms with E-state index in [0.29, 0.717) is 0 Å². The number of rotatable bonds is 4. The van der Waals surface area contributed by atoms with Gasteiger partial charge in [-0.15, -0.1) is 0 Å². The molecule has 0 bridgehead atoms. The number of carbonyl (C=O) groups is 4. The van der Waals surface area contributed by atoms with Gasteiger partial charge >= 0.3 is 17.9 Å². The first-order valence-electron chi connectivity index (χ1n) is 12.4. The number of ether oxygens (including phenoxy) is 3. The standard InChI is InChI=1S/C26H36O11/c1-11-8-16-24(33,19(11)30)9-23(32,10-35-13(3)27)20(31)17-18-22(6,7)26(18,37-15(5)29)21(36-14(4)28)12(2)25(16,17)34/h8,12,16-18,20-21,31-34H,9-10H2,1-7H3/t12-,16-,17-,18-,20+,21-,23+,24-,25+,26-/m1/s1. The molecule has 4 N–H and O–H groups in total. The van der Waals surface area contributed by atoms with Gasteiger partial charge < -0.3 is 34.6 Å². The quantitative estimate of drug-likeness (QED) is 0.283.